The lowest BCUT2D eigenvalue weighted by Crippen LogP contribution is -2.54. The number of ketones is 1. The fourth-order valence-electron chi connectivity index (χ4n) is 1.14. The molecule has 1 atom stereocenters. The van der Waals surface area contributed by atoms with Gasteiger partial charge in [-0.15, -0.1) is 0 Å². The number of rotatable bonds is 5. The number of nitrogens with one attached hydrogen (secondary N) is 1. The first-order chi connectivity index (χ1) is 6.88. The fourth-order valence-corrected chi connectivity index (χ4v) is 1.14. The van der Waals surface area contributed by atoms with Gasteiger partial charge in [0.2, 0.25) is 0 Å². The molecule has 88 valence electrons. The highest BCUT2D eigenvalue weighted by atomic mass is 16.5. The lowest BCUT2D eigenvalue weighted by atomic mass is 9.93. The highest BCUT2D eigenvalue weighted by Crippen LogP contribution is 2.15. The molecule has 0 spiro atoms. The van der Waals surface area contributed by atoms with E-state index in [4.69, 9.17) is 4.74 Å². The van der Waals surface area contributed by atoms with Gasteiger partial charge in [0.1, 0.15) is 6.04 Å². The number of amides is 1. The molecular formula is C10H19NO4. The van der Waals surface area contributed by atoms with Crippen molar-refractivity contribution in [3.8, 4) is 0 Å². The zero-order chi connectivity index (χ0) is 12.1. The maximum Gasteiger partial charge on any atom is 0.407 e. The molecule has 0 unspecified atom stereocenters. The van der Waals surface area contributed by atoms with Crippen molar-refractivity contribution in [3.63, 3.8) is 0 Å². The molecule has 0 aromatic carbocycles. The third kappa shape index (κ3) is 3.87. The van der Waals surface area contributed by atoms with Gasteiger partial charge in [0.05, 0.1) is 12.7 Å². The van der Waals surface area contributed by atoms with Gasteiger partial charge >= 0.3 is 6.09 Å². The molecule has 0 fully saturated rings. The second-order valence-corrected chi connectivity index (χ2v) is 3.70. The summed E-state index contributed by atoms with van der Waals surface area (Å²) in [6.07, 6.45) is -0.298. The standard InChI is InChI=1S/C10H19NO4/c1-6-7(12)8(10(2,3)15-5)11-9(13)14-4/h8H,6H2,1-5H3,(H,11,13)/t8-/m1/s1. The minimum absolute atomic E-state index is 0.0905. The van der Waals surface area contributed by atoms with Gasteiger partial charge in [0, 0.05) is 13.5 Å². The van der Waals surface area contributed by atoms with Gasteiger partial charge in [-0.2, -0.15) is 0 Å². The van der Waals surface area contributed by atoms with Crippen molar-refractivity contribution in [2.75, 3.05) is 14.2 Å². The molecule has 5 heteroatoms. The number of ether oxygens (including phenoxy) is 2. The van der Waals surface area contributed by atoms with E-state index in [-0.39, 0.29) is 5.78 Å². The van der Waals surface area contributed by atoms with Gasteiger partial charge in [-0.25, -0.2) is 4.79 Å². The largest absolute Gasteiger partial charge is 0.453 e. The maximum absolute atomic E-state index is 11.6. The van der Waals surface area contributed by atoms with Crippen LogP contribution in [0.25, 0.3) is 0 Å². The molecule has 0 saturated heterocycles. The average molecular weight is 217 g/mol. The average Bonchev–Trinajstić information content (AvgIpc) is 2.24. The minimum Gasteiger partial charge on any atom is -0.453 e. The van der Waals surface area contributed by atoms with Gasteiger partial charge < -0.3 is 14.8 Å². The normalized spacial score (nSPS) is 13.1. The summed E-state index contributed by atoms with van der Waals surface area (Å²) in [6, 6.07) is -0.694. The third-order valence-electron chi connectivity index (χ3n) is 2.34. The number of alkyl carbamates (subject to hydrolysis) is 1. The molecule has 1 amide bonds. The van der Waals surface area contributed by atoms with Crippen LogP contribution in [0.3, 0.4) is 0 Å². The lowest BCUT2D eigenvalue weighted by Gasteiger charge is -2.31. The summed E-state index contributed by atoms with van der Waals surface area (Å²) < 4.78 is 9.63. The Morgan fingerprint density at radius 3 is 2.20 bits per heavy atom. The first-order valence-electron chi connectivity index (χ1n) is 4.81. The van der Waals surface area contributed by atoms with Gasteiger partial charge in [-0.1, -0.05) is 6.92 Å². The Morgan fingerprint density at radius 2 is 1.87 bits per heavy atom. The molecule has 0 radical (unpaired) electrons. The molecule has 0 aliphatic heterocycles. The summed E-state index contributed by atoms with van der Waals surface area (Å²) >= 11 is 0. The SMILES string of the molecule is CCC(=O)[C@@H](NC(=O)OC)C(C)(C)OC. The van der Waals surface area contributed by atoms with Crippen LogP contribution in [0.2, 0.25) is 0 Å². The van der Waals surface area contributed by atoms with E-state index in [1.807, 2.05) is 0 Å². The Kier molecular flexibility index (Phi) is 5.28. The molecule has 0 rings (SSSR count). The zero-order valence-corrected chi connectivity index (χ0v) is 9.92. The minimum atomic E-state index is -0.749. The number of carbonyl (C=O) groups excluding carboxylic acids is 2. The van der Waals surface area contributed by atoms with E-state index in [2.05, 4.69) is 10.1 Å². The maximum atomic E-state index is 11.6. The molecular weight excluding hydrogens is 198 g/mol. The van der Waals surface area contributed by atoms with Crippen molar-refractivity contribution < 1.29 is 19.1 Å². The van der Waals surface area contributed by atoms with Crippen molar-refractivity contribution in [2.24, 2.45) is 0 Å². The van der Waals surface area contributed by atoms with Crippen LogP contribution in [0.15, 0.2) is 0 Å². The van der Waals surface area contributed by atoms with Gasteiger partial charge in [-0.05, 0) is 13.8 Å². The first kappa shape index (κ1) is 13.9. The van der Waals surface area contributed by atoms with E-state index < -0.39 is 17.7 Å². The molecule has 15 heavy (non-hydrogen) atoms. The van der Waals surface area contributed by atoms with Crippen LogP contribution < -0.4 is 5.32 Å². The van der Waals surface area contributed by atoms with Gasteiger partial charge in [0.25, 0.3) is 0 Å². The van der Waals surface area contributed by atoms with E-state index in [0.717, 1.165) is 0 Å². The van der Waals surface area contributed by atoms with Crippen molar-refractivity contribution in [1.29, 1.82) is 0 Å². The van der Waals surface area contributed by atoms with Crippen LogP contribution >= 0.6 is 0 Å². The summed E-state index contributed by atoms with van der Waals surface area (Å²) in [7, 11) is 2.75. The Bertz CT molecular complexity index is 238. The third-order valence-corrected chi connectivity index (χ3v) is 2.34. The zero-order valence-electron chi connectivity index (χ0n) is 9.92. The Hall–Kier alpha value is -1.10. The van der Waals surface area contributed by atoms with Crippen LogP contribution in [-0.4, -0.2) is 37.7 Å². The van der Waals surface area contributed by atoms with Crippen molar-refractivity contribution in [3.05, 3.63) is 0 Å². The number of Topliss-reactive ketones (excluding diaryl/α,β-unsaturated/α-hetero) is 1. The Morgan fingerprint density at radius 1 is 1.33 bits per heavy atom. The second-order valence-electron chi connectivity index (χ2n) is 3.70. The van der Waals surface area contributed by atoms with Crippen LogP contribution in [0.4, 0.5) is 4.79 Å². The predicted molar refractivity (Wildman–Crippen MR) is 55.7 cm³/mol. The number of hydrogen-bond acceptors (Lipinski definition) is 4. The number of methoxy groups -OCH3 is 2. The van der Waals surface area contributed by atoms with E-state index >= 15 is 0 Å². The van der Waals surface area contributed by atoms with Crippen molar-refractivity contribution in [1.82, 2.24) is 5.32 Å². The monoisotopic (exact) mass is 217 g/mol. The van der Waals surface area contributed by atoms with Gasteiger partial charge in [-0.3, -0.25) is 4.79 Å². The molecule has 1 N–H and O–H groups in total. The number of carbonyl (C=O) groups is 2. The summed E-state index contributed by atoms with van der Waals surface area (Å²) in [6.45, 7) is 5.21. The quantitative estimate of drug-likeness (QED) is 0.749. The fraction of sp³-hybridized carbons (Fsp3) is 0.800. The molecule has 0 saturated carbocycles. The highest BCUT2D eigenvalue weighted by Gasteiger charge is 2.35. The van der Waals surface area contributed by atoms with Crippen molar-refractivity contribution >= 4 is 11.9 Å². The summed E-state index contributed by atoms with van der Waals surface area (Å²) in [5.41, 5.74) is -0.749. The van der Waals surface area contributed by atoms with E-state index in [0.29, 0.717) is 6.42 Å². The number of hydrogen-bond donors (Lipinski definition) is 1. The molecule has 0 aromatic heterocycles. The Balaban J connectivity index is 4.73. The molecule has 0 aliphatic carbocycles. The molecule has 0 aromatic rings. The van der Waals surface area contributed by atoms with Gasteiger partial charge in [0.15, 0.2) is 5.78 Å². The van der Waals surface area contributed by atoms with E-state index in [1.165, 1.54) is 14.2 Å². The molecule has 0 heterocycles. The van der Waals surface area contributed by atoms with Crippen LogP contribution in [0, 0.1) is 0 Å². The second kappa shape index (κ2) is 5.70. The Labute approximate surface area is 90.1 Å². The molecule has 0 aliphatic rings. The van der Waals surface area contributed by atoms with E-state index in [9.17, 15) is 9.59 Å². The predicted octanol–water partition coefficient (Wildman–Crippen LogP) is 1.12. The van der Waals surface area contributed by atoms with Crippen molar-refractivity contribution in [2.45, 2.75) is 38.8 Å². The van der Waals surface area contributed by atoms with Crippen LogP contribution in [-0.2, 0) is 14.3 Å². The lowest BCUT2D eigenvalue weighted by molar-refractivity contribution is -0.127. The van der Waals surface area contributed by atoms with Crippen LogP contribution in [0.1, 0.15) is 27.2 Å². The first-order valence-corrected chi connectivity index (χ1v) is 4.81. The summed E-state index contributed by atoms with van der Waals surface area (Å²) in [5.74, 6) is -0.0905. The smallest absolute Gasteiger partial charge is 0.407 e. The van der Waals surface area contributed by atoms with E-state index in [1.54, 1.807) is 20.8 Å². The molecule has 5 nitrogen and oxygen atoms in total. The summed E-state index contributed by atoms with van der Waals surface area (Å²) in [5, 5.41) is 2.47. The summed E-state index contributed by atoms with van der Waals surface area (Å²) in [4.78, 5) is 22.7. The molecule has 0 bridgehead atoms. The van der Waals surface area contributed by atoms with Crippen LogP contribution in [0.5, 0.6) is 0 Å². The highest BCUT2D eigenvalue weighted by molar-refractivity contribution is 5.88. The topological polar surface area (TPSA) is 64.6 Å².